The van der Waals surface area contributed by atoms with Crippen LogP contribution in [0.1, 0.15) is 0 Å². The molecule has 0 aliphatic carbocycles. The Labute approximate surface area is 46.4 Å². The van der Waals surface area contributed by atoms with Gasteiger partial charge in [0.1, 0.15) is 0 Å². The van der Waals surface area contributed by atoms with E-state index in [4.69, 9.17) is 11.6 Å². The third kappa shape index (κ3) is 3.00. The summed E-state index contributed by atoms with van der Waals surface area (Å²) < 4.78 is 4.10. The second kappa shape index (κ2) is 3.96. The number of nitrogens with one attached hydrogen (secondary N) is 1. The number of hydroxylamine groups is 1. The molecular weight excluding hydrogens is 110 g/mol. The van der Waals surface area contributed by atoms with Crippen molar-refractivity contribution in [3.8, 4) is 12.3 Å². The largest absolute Gasteiger partial charge is 0.435 e. The lowest BCUT2D eigenvalue weighted by Crippen LogP contribution is -2.19. The molecule has 0 saturated carbocycles. The molecule has 0 aromatic carbocycles. The maximum Gasteiger partial charge on any atom is 0.432 e. The summed E-state index contributed by atoms with van der Waals surface area (Å²) >= 11 is 0. The molecular formula is C4H5NO3. The van der Waals surface area contributed by atoms with Crippen molar-refractivity contribution in [2.24, 2.45) is 0 Å². The van der Waals surface area contributed by atoms with E-state index in [1.165, 1.54) is 5.48 Å². The van der Waals surface area contributed by atoms with E-state index >= 15 is 0 Å². The van der Waals surface area contributed by atoms with Crippen molar-refractivity contribution >= 4 is 6.09 Å². The van der Waals surface area contributed by atoms with Crippen molar-refractivity contribution in [2.45, 2.75) is 0 Å². The van der Waals surface area contributed by atoms with Gasteiger partial charge in [0, 0.05) is 0 Å². The highest BCUT2D eigenvalue weighted by molar-refractivity contribution is 5.65. The summed E-state index contributed by atoms with van der Waals surface area (Å²) in [6.45, 7) is -0.133. The number of amides is 1. The highest BCUT2D eigenvalue weighted by Crippen LogP contribution is 1.70. The minimum absolute atomic E-state index is 0.133. The van der Waals surface area contributed by atoms with Crippen LogP contribution in [0.3, 0.4) is 0 Å². The monoisotopic (exact) mass is 115 g/mol. The first kappa shape index (κ1) is 6.79. The van der Waals surface area contributed by atoms with Crippen molar-refractivity contribution in [2.75, 3.05) is 6.61 Å². The third-order valence-corrected chi connectivity index (χ3v) is 0.378. The summed E-state index contributed by atoms with van der Waals surface area (Å²) in [6.07, 6.45) is 3.75. The molecule has 0 unspecified atom stereocenters. The molecule has 0 heterocycles. The van der Waals surface area contributed by atoms with E-state index in [9.17, 15) is 4.79 Å². The zero-order valence-corrected chi connectivity index (χ0v) is 4.05. The molecule has 0 fully saturated rings. The average Bonchev–Trinajstić information content (AvgIpc) is 1.83. The highest BCUT2D eigenvalue weighted by atomic mass is 16.6. The molecule has 4 nitrogen and oxygen atoms in total. The van der Waals surface area contributed by atoms with Gasteiger partial charge < -0.3 is 4.74 Å². The van der Waals surface area contributed by atoms with Crippen LogP contribution in [0.15, 0.2) is 0 Å². The lowest BCUT2D eigenvalue weighted by Gasteiger charge is -1.94. The van der Waals surface area contributed by atoms with E-state index in [2.05, 4.69) is 4.74 Å². The Hall–Kier alpha value is -1.21. The van der Waals surface area contributed by atoms with Crippen LogP contribution in [0.2, 0.25) is 0 Å². The fourth-order valence-electron chi connectivity index (χ4n) is 0.139. The Balaban J connectivity index is 3.15. The van der Waals surface area contributed by atoms with Crippen LogP contribution in [0, 0.1) is 12.3 Å². The van der Waals surface area contributed by atoms with Crippen molar-refractivity contribution in [3.63, 3.8) is 0 Å². The number of rotatable bonds is 1. The van der Waals surface area contributed by atoms with E-state index < -0.39 is 6.09 Å². The molecule has 0 radical (unpaired) electrons. The van der Waals surface area contributed by atoms with Gasteiger partial charge in [-0.2, -0.15) is 0 Å². The molecule has 0 aromatic rings. The summed E-state index contributed by atoms with van der Waals surface area (Å²) in [5, 5.41) is 7.77. The normalized spacial score (nSPS) is 7.00. The molecule has 8 heavy (non-hydrogen) atoms. The van der Waals surface area contributed by atoms with Crippen LogP contribution in [0.5, 0.6) is 0 Å². The minimum Gasteiger partial charge on any atom is -0.435 e. The first-order valence-corrected chi connectivity index (χ1v) is 1.81. The van der Waals surface area contributed by atoms with E-state index in [1.54, 1.807) is 0 Å². The van der Waals surface area contributed by atoms with Gasteiger partial charge in [-0.1, -0.05) is 5.92 Å². The summed E-state index contributed by atoms with van der Waals surface area (Å²) in [7, 11) is 0. The maximum atomic E-state index is 9.89. The molecule has 0 bridgehead atoms. The molecule has 0 spiro atoms. The smallest absolute Gasteiger partial charge is 0.432 e. The Bertz CT molecular complexity index is 115. The standard InChI is InChI=1S/C4H5NO3/c1-2-3-8-4(6)5-7/h1,7H,3H2,(H,5,6). The zero-order chi connectivity index (χ0) is 6.41. The van der Waals surface area contributed by atoms with Crippen LogP contribution in [0.4, 0.5) is 4.79 Å². The quantitative estimate of drug-likeness (QED) is 0.281. The summed E-state index contributed by atoms with van der Waals surface area (Å²) in [4.78, 5) is 9.89. The number of ether oxygens (including phenoxy) is 1. The number of hydrogen-bond acceptors (Lipinski definition) is 3. The summed E-state index contributed by atoms with van der Waals surface area (Å²) in [5.41, 5.74) is 1.24. The van der Waals surface area contributed by atoms with Crippen molar-refractivity contribution in [1.82, 2.24) is 5.48 Å². The van der Waals surface area contributed by atoms with Gasteiger partial charge in [0.2, 0.25) is 0 Å². The summed E-state index contributed by atoms with van der Waals surface area (Å²) in [6, 6.07) is 0. The molecule has 0 aliphatic rings. The van der Waals surface area contributed by atoms with Gasteiger partial charge in [-0.15, -0.1) is 6.42 Å². The molecule has 1 amide bonds. The van der Waals surface area contributed by atoms with Crippen LogP contribution in [-0.2, 0) is 4.74 Å². The van der Waals surface area contributed by atoms with Crippen molar-refractivity contribution in [1.29, 1.82) is 0 Å². The zero-order valence-electron chi connectivity index (χ0n) is 4.05. The molecule has 0 aliphatic heterocycles. The maximum absolute atomic E-state index is 9.89. The molecule has 0 atom stereocenters. The molecule has 44 valence electrons. The van der Waals surface area contributed by atoms with Gasteiger partial charge in [-0.3, -0.25) is 5.21 Å². The van der Waals surface area contributed by atoms with Crippen LogP contribution in [0.25, 0.3) is 0 Å². The molecule has 4 heteroatoms. The van der Waals surface area contributed by atoms with Gasteiger partial charge in [-0.25, -0.2) is 10.3 Å². The lowest BCUT2D eigenvalue weighted by atomic mass is 10.8. The number of terminal acetylenes is 1. The van der Waals surface area contributed by atoms with Crippen LogP contribution < -0.4 is 5.48 Å². The molecule has 0 saturated heterocycles. The third-order valence-electron chi connectivity index (χ3n) is 0.378. The molecule has 0 rings (SSSR count). The van der Waals surface area contributed by atoms with Crippen molar-refractivity contribution < 1.29 is 14.7 Å². The van der Waals surface area contributed by atoms with Gasteiger partial charge in [0.25, 0.3) is 0 Å². The van der Waals surface area contributed by atoms with Gasteiger partial charge in [-0.05, 0) is 0 Å². The van der Waals surface area contributed by atoms with Crippen LogP contribution in [-0.4, -0.2) is 17.9 Å². The van der Waals surface area contributed by atoms with E-state index in [-0.39, 0.29) is 6.61 Å². The Morgan fingerprint density at radius 1 is 2.00 bits per heavy atom. The predicted molar refractivity (Wildman–Crippen MR) is 25.1 cm³/mol. The Morgan fingerprint density at radius 2 is 2.62 bits per heavy atom. The fourth-order valence-corrected chi connectivity index (χ4v) is 0.139. The first-order chi connectivity index (χ1) is 3.81. The highest BCUT2D eigenvalue weighted by Gasteiger charge is 1.92. The number of carbonyl (C=O) groups excluding carboxylic acids is 1. The fraction of sp³-hybridized carbons (Fsp3) is 0.250. The van der Waals surface area contributed by atoms with Gasteiger partial charge >= 0.3 is 6.09 Å². The molecule has 0 aromatic heterocycles. The number of carbonyl (C=O) groups is 1. The SMILES string of the molecule is C#CCOC(=O)NO. The molecule has 2 N–H and O–H groups in total. The van der Waals surface area contributed by atoms with E-state index in [0.717, 1.165) is 0 Å². The number of hydrogen-bond donors (Lipinski definition) is 2. The second-order valence-corrected chi connectivity index (χ2v) is 0.892. The predicted octanol–water partition coefficient (Wildman–Crippen LogP) is -0.265. The Morgan fingerprint density at radius 3 is 3.00 bits per heavy atom. The second-order valence-electron chi connectivity index (χ2n) is 0.892. The Kier molecular flexibility index (Phi) is 3.36. The minimum atomic E-state index is -0.942. The van der Waals surface area contributed by atoms with Gasteiger partial charge in [0.05, 0.1) is 0 Å². The van der Waals surface area contributed by atoms with Crippen molar-refractivity contribution in [3.05, 3.63) is 0 Å². The summed E-state index contributed by atoms with van der Waals surface area (Å²) in [5.74, 6) is 2.04. The first-order valence-electron chi connectivity index (χ1n) is 1.81. The van der Waals surface area contributed by atoms with E-state index in [0.29, 0.717) is 0 Å². The van der Waals surface area contributed by atoms with E-state index in [1.807, 2.05) is 5.92 Å². The van der Waals surface area contributed by atoms with Gasteiger partial charge in [0.15, 0.2) is 6.61 Å². The lowest BCUT2D eigenvalue weighted by molar-refractivity contribution is 0.0982. The van der Waals surface area contributed by atoms with Crippen LogP contribution >= 0.6 is 0 Å². The topological polar surface area (TPSA) is 58.6 Å². The average molecular weight is 115 g/mol.